The first-order chi connectivity index (χ1) is 14.1. The van der Waals surface area contributed by atoms with Crippen LogP contribution in [0.5, 0.6) is 0 Å². The van der Waals surface area contributed by atoms with Crippen LogP contribution in [0.2, 0.25) is 0 Å². The summed E-state index contributed by atoms with van der Waals surface area (Å²) in [4.78, 5) is 14.5. The van der Waals surface area contributed by atoms with Crippen molar-refractivity contribution in [3.63, 3.8) is 0 Å². The Kier molecular flexibility index (Phi) is 6.47. The number of carbonyl (C=O) groups is 1. The summed E-state index contributed by atoms with van der Waals surface area (Å²) in [5.41, 5.74) is 3.30. The number of hydrogen-bond donors (Lipinski definition) is 0. The molecule has 0 aliphatic carbocycles. The topological polar surface area (TPSA) is 75.5 Å². The van der Waals surface area contributed by atoms with E-state index >= 15 is 0 Å². The number of hydrogen-bond acceptors (Lipinski definition) is 4. The minimum Gasteiger partial charge on any atom is -0.337 e. The molecule has 8 heteroatoms. The number of amides is 1. The highest BCUT2D eigenvalue weighted by molar-refractivity contribution is 7.89. The number of aryl methyl sites for hydroxylation is 2. The first-order valence-electron chi connectivity index (χ1n) is 10.2. The molecule has 1 saturated heterocycles. The highest BCUT2D eigenvalue weighted by atomic mass is 32.2. The smallest absolute Gasteiger partial charge is 0.246 e. The summed E-state index contributed by atoms with van der Waals surface area (Å²) in [7, 11) is -3.65. The average Bonchev–Trinajstić information content (AvgIpc) is 3.02. The van der Waals surface area contributed by atoms with Crippen molar-refractivity contribution in [2.75, 3.05) is 26.2 Å². The van der Waals surface area contributed by atoms with Gasteiger partial charge in [-0.05, 0) is 46.3 Å². The Hall–Kier alpha value is -2.45. The van der Waals surface area contributed by atoms with Gasteiger partial charge in [0.1, 0.15) is 4.90 Å². The van der Waals surface area contributed by atoms with Crippen LogP contribution >= 0.6 is 0 Å². The van der Waals surface area contributed by atoms with Crippen molar-refractivity contribution in [2.24, 2.45) is 0 Å². The standard InChI is InChI=1S/C22H30N4O3S/c1-16(2)26-19(5)22(18(4)23-26)30(28,29)25-14-12-24(13-15-25)21(27)11-10-20-8-6-17(3)7-9-20/h6-11,16H,12-15H2,1-5H3. The predicted octanol–water partition coefficient (Wildman–Crippen LogP) is 2.94. The van der Waals surface area contributed by atoms with Gasteiger partial charge in [-0.2, -0.15) is 9.40 Å². The van der Waals surface area contributed by atoms with E-state index in [1.165, 1.54) is 9.87 Å². The molecule has 0 saturated carbocycles. The lowest BCUT2D eigenvalue weighted by Gasteiger charge is -2.33. The fourth-order valence-electron chi connectivity index (χ4n) is 3.75. The number of benzene rings is 1. The van der Waals surface area contributed by atoms with E-state index in [1.807, 2.05) is 45.0 Å². The molecule has 0 unspecified atom stereocenters. The SMILES string of the molecule is Cc1ccc(C=CC(=O)N2CCN(S(=O)(=O)c3c(C)nn(C(C)C)c3C)CC2)cc1. The monoisotopic (exact) mass is 430 g/mol. The van der Waals surface area contributed by atoms with Gasteiger partial charge < -0.3 is 4.90 Å². The Balaban J connectivity index is 1.67. The fraction of sp³-hybridized carbons (Fsp3) is 0.455. The molecule has 1 fully saturated rings. The van der Waals surface area contributed by atoms with Gasteiger partial charge in [0.05, 0.1) is 11.4 Å². The van der Waals surface area contributed by atoms with E-state index in [9.17, 15) is 13.2 Å². The summed E-state index contributed by atoms with van der Waals surface area (Å²) in [6.45, 7) is 10.8. The van der Waals surface area contributed by atoms with Crippen molar-refractivity contribution >= 4 is 22.0 Å². The van der Waals surface area contributed by atoms with Crippen LogP contribution in [0.4, 0.5) is 0 Å². The maximum Gasteiger partial charge on any atom is 0.246 e. The van der Waals surface area contributed by atoms with Crippen LogP contribution in [0, 0.1) is 20.8 Å². The van der Waals surface area contributed by atoms with Gasteiger partial charge in [0.2, 0.25) is 15.9 Å². The molecule has 2 heterocycles. The molecule has 0 atom stereocenters. The molecule has 0 radical (unpaired) electrons. The van der Waals surface area contributed by atoms with Crippen molar-refractivity contribution in [2.45, 2.75) is 45.6 Å². The highest BCUT2D eigenvalue weighted by Gasteiger charge is 2.34. The summed E-state index contributed by atoms with van der Waals surface area (Å²) in [5, 5.41) is 4.41. The van der Waals surface area contributed by atoms with Gasteiger partial charge in [-0.15, -0.1) is 0 Å². The highest BCUT2D eigenvalue weighted by Crippen LogP contribution is 2.26. The zero-order valence-corrected chi connectivity index (χ0v) is 19.1. The number of carbonyl (C=O) groups excluding carboxylic acids is 1. The lowest BCUT2D eigenvalue weighted by molar-refractivity contribution is -0.127. The quantitative estimate of drug-likeness (QED) is 0.684. The van der Waals surface area contributed by atoms with Gasteiger partial charge in [-0.1, -0.05) is 29.8 Å². The largest absolute Gasteiger partial charge is 0.337 e. The molecular weight excluding hydrogens is 400 g/mol. The van der Waals surface area contributed by atoms with E-state index in [0.717, 1.165) is 5.56 Å². The summed E-state index contributed by atoms with van der Waals surface area (Å²) in [6.07, 6.45) is 3.34. The van der Waals surface area contributed by atoms with Crippen LogP contribution in [-0.2, 0) is 14.8 Å². The molecule has 2 aromatic rings. The predicted molar refractivity (Wildman–Crippen MR) is 118 cm³/mol. The zero-order valence-electron chi connectivity index (χ0n) is 18.3. The molecule has 162 valence electrons. The molecule has 0 N–H and O–H groups in total. The molecule has 1 aliphatic heterocycles. The first kappa shape index (κ1) is 22.2. The molecule has 1 amide bonds. The van der Waals surface area contributed by atoms with Crippen molar-refractivity contribution in [3.8, 4) is 0 Å². The number of nitrogens with zero attached hydrogens (tertiary/aromatic N) is 4. The maximum atomic E-state index is 13.2. The van der Waals surface area contributed by atoms with Crippen LogP contribution in [0.1, 0.15) is 42.4 Å². The third kappa shape index (κ3) is 4.49. The van der Waals surface area contributed by atoms with E-state index in [0.29, 0.717) is 24.5 Å². The molecule has 1 aromatic carbocycles. The zero-order chi connectivity index (χ0) is 22.1. The van der Waals surface area contributed by atoms with E-state index in [2.05, 4.69) is 5.10 Å². The van der Waals surface area contributed by atoms with Crippen molar-refractivity contribution in [3.05, 3.63) is 52.9 Å². The Morgan fingerprint density at radius 3 is 2.17 bits per heavy atom. The molecule has 30 heavy (non-hydrogen) atoms. The van der Waals surface area contributed by atoms with Gasteiger partial charge in [-0.25, -0.2) is 8.42 Å². The molecule has 0 spiro atoms. The van der Waals surface area contributed by atoms with Gasteiger partial charge in [0.25, 0.3) is 0 Å². The van der Waals surface area contributed by atoms with Crippen LogP contribution in [0.3, 0.4) is 0 Å². The Labute approximate surface area is 179 Å². The second kappa shape index (κ2) is 8.73. The van der Waals surface area contributed by atoms with Gasteiger partial charge in [-0.3, -0.25) is 9.48 Å². The van der Waals surface area contributed by atoms with Crippen molar-refractivity contribution in [1.82, 2.24) is 19.0 Å². The number of rotatable bonds is 5. The fourth-order valence-corrected chi connectivity index (χ4v) is 5.54. The Bertz CT molecular complexity index is 1040. The molecular formula is C22H30N4O3S. The van der Waals surface area contributed by atoms with Crippen LogP contribution in [0.15, 0.2) is 35.2 Å². The lowest BCUT2D eigenvalue weighted by atomic mass is 10.1. The first-order valence-corrected chi connectivity index (χ1v) is 11.6. The molecule has 3 rings (SSSR count). The lowest BCUT2D eigenvalue weighted by Crippen LogP contribution is -2.50. The average molecular weight is 431 g/mol. The molecule has 1 aliphatic rings. The Morgan fingerprint density at radius 2 is 1.63 bits per heavy atom. The van der Waals surface area contributed by atoms with Crippen molar-refractivity contribution in [1.29, 1.82) is 0 Å². The molecule has 7 nitrogen and oxygen atoms in total. The number of sulfonamides is 1. The van der Waals surface area contributed by atoms with Gasteiger partial charge in [0.15, 0.2) is 0 Å². The van der Waals surface area contributed by atoms with Gasteiger partial charge in [0, 0.05) is 38.3 Å². The van der Waals surface area contributed by atoms with Crippen LogP contribution in [-0.4, -0.2) is 59.5 Å². The maximum absolute atomic E-state index is 13.2. The summed E-state index contributed by atoms with van der Waals surface area (Å²) in [5.74, 6) is -0.104. The Morgan fingerprint density at radius 1 is 1.03 bits per heavy atom. The summed E-state index contributed by atoms with van der Waals surface area (Å²) >= 11 is 0. The number of piperazine rings is 1. The third-order valence-electron chi connectivity index (χ3n) is 5.39. The normalized spacial score (nSPS) is 16.0. The van der Waals surface area contributed by atoms with E-state index in [-0.39, 0.29) is 29.9 Å². The summed E-state index contributed by atoms with van der Waals surface area (Å²) < 4.78 is 29.7. The minimum atomic E-state index is -3.65. The minimum absolute atomic E-state index is 0.0856. The van der Waals surface area contributed by atoms with Crippen molar-refractivity contribution < 1.29 is 13.2 Å². The van der Waals surface area contributed by atoms with Crippen LogP contribution < -0.4 is 0 Å². The molecule has 1 aromatic heterocycles. The van der Waals surface area contributed by atoms with E-state index < -0.39 is 10.0 Å². The second-order valence-electron chi connectivity index (χ2n) is 8.01. The van der Waals surface area contributed by atoms with Crippen LogP contribution in [0.25, 0.3) is 6.08 Å². The third-order valence-corrected chi connectivity index (χ3v) is 7.54. The molecule has 0 bridgehead atoms. The summed E-state index contributed by atoms with van der Waals surface area (Å²) in [6, 6.07) is 8.01. The van der Waals surface area contributed by atoms with Gasteiger partial charge >= 0.3 is 0 Å². The second-order valence-corrected chi connectivity index (χ2v) is 9.89. The van der Waals surface area contributed by atoms with E-state index in [4.69, 9.17) is 0 Å². The van der Waals surface area contributed by atoms with E-state index in [1.54, 1.807) is 35.6 Å². The number of aromatic nitrogens is 2.